The van der Waals surface area contributed by atoms with Crippen molar-refractivity contribution in [3.8, 4) is 0 Å². The monoisotopic (exact) mass is 364 g/mol. The highest BCUT2D eigenvalue weighted by Crippen LogP contribution is 2.67. The highest BCUT2D eigenvalue weighted by atomic mass is 16.5. The van der Waals surface area contributed by atoms with Crippen molar-refractivity contribution in [2.45, 2.75) is 45.1 Å². The summed E-state index contributed by atoms with van der Waals surface area (Å²) in [5.74, 6) is -1.97. The maximum absolute atomic E-state index is 13.1. The van der Waals surface area contributed by atoms with Crippen LogP contribution in [0.15, 0.2) is 12.2 Å². The largest absolute Gasteiger partial charge is 0.464 e. The van der Waals surface area contributed by atoms with Gasteiger partial charge in [0.2, 0.25) is 0 Å². The second kappa shape index (κ2) is 5.63. The molecule has 4 aliphatic rings. The lowest BCUT2D eigenvalue weighted by molar-refractivity contribution is -0.236. The molecule has 4 rings (SSSR count). The highest BCUT2D eigenvalue weighted by Gasteiger charge is 2.74. The minimum absolute atomic E-state index is 0.0839. The van der Waals surface area contributed by atoms with Crippen LogP contribution < -0.4 is 0 Å². The van der Waals surface area contributed by atoms with E-state index in [2.05, 4.69) is 6.58 Å². The second-order valence-electron chi connectivity index (χ2n) is 9.22. The van der Waals surface area contributed by atoms with Crippen LogP contribution in [0.2, 0.25) is 0 Å². The topological polar surface area (TPSA) is 104 Å². The number of carbonyl (C=O) groups excluding carboxylic acids is 2. The number of rotatable bonds is 2. The van der Waals surface area contributed by atoms with Crippen LogP contribution in [0, 0.1) is 34.0 Å². The Hall–Kier alpha value is -1.24. The zero-order chi connectivity index (χ0) is 18.9. The summed E-state index contributed by atoms with van der Waals surface area (Å²) in [6.07, 6.45) is 2.16. The van der Waals surface area contributed by atoms with Crippen molar-refractivity contribution in [1.82, 2.24) is 0 Å². The predicted octanol–water partition coefficient (Wildman–Crippen LogP) is 0.833. The van der Waals surface area contributed by atoms with E-state index >= 15 is 0 Å². The smallest absolute Gasteiger partial charge is 0.320 e. The number of allylic oxidation sites excluding steroid dienone is 1. The Morgan fingerprint density at radius 3 is 2.65 bits per heavy atom. The lowest BCUT2D eigenvalue weighted by Gasteiger charge is -2.62. The van der Waals surface area contributed by atoms with Gasteiger partial charge in [-0.25, -0.2) is 0 Å². The number of esters is 1. The van der Waals surface area contributed by atoms with Crippen LogP contribution in [0.1, 0.15) is 39.0 Å². The third kappa shape index (κ3) is 1.93. The number of aliphatic hydroxyl groups excluding tert-OH is 3. The SMILES string of the molecule is C=C1C(=O)C23CC1CC(O)C2C1(CCCC(C)(CO)C1CO)COC3=O. The van der Waals surface area contributed by atoms with Gasteiger partial charge in [0.1, 0.15) is 5.41 Å². The quantitative estimate of drug-likeness (QED) is 0.381. The van der Waals surface area contributed by atoms with Crippen LogP contribution in [0.25, 0.3) is 0 Å². The molecule has 0 aromatic rings. The van der Waals surface area contributed by atoms with Crippen LogP contribution in [0.5, 0.6) is 0 Å². The number of hydrogen-bond acceptors (Lipinski definition) is 6. The molecule has 3 saturated carbocycles. The van der Waals surface area contributed by atoms with Crippen LogP contribution in [0.3, 0.4) is 0 Å². The molecule has 3 N–H and O–H groups in total. The summed E-state index contributed by atoms with van der Waals surface area (Å²) in [7, 11) is 0. The van der Waals surface area contributed by atoms with Gasteiger partial charge in [-0.2, -0.15) is 0 Å². The van der Waals surface area contributed by atoms with Gasteiger partial charge in [-0.3, -0.25) is 9.59 Å². The molecule has 7 unspecified atom stereocenters. The van der Waals surface area contributed by atoms with Gasteiger partial charge in [-0.15, -0.1) is 0 Å². The fourth-order valence-electron chi connectivity index (χ4n) is 6.92. The molecule has 0 aromatic heterocycles. The molecule has 4 fully saturated rings. The van der Waals surface area contributed by atoms with Crippen LogP contribution in [-0.2, 0) is 14.3 Å². The zero-order valence-electron chi connectivity index (χ0n) is 15.2. The molecule has 7 atom stereocenters. The van der Waals surface area contributed by atoms with E-state index < -0.39 is 34.2 Å². The standard InChI is InChI=1S/C20H28O6/c1-11-12-6-13(23)15-19(5-3-4-18(2,9-22)14(19)8-21)10-26-17(25)20(15,7-12)16(11)24/h12-15,21-23H,1,3-10H2,2H3. The van der Waals surface area contributed by atoms with E-state index in [1.807, 2.05) is 6.92 Å². The molecular weight excluding hydrogens is 336 g/mol. The average Bonchev–Trinajstić information content (AvgIpc) is 2.81. The Labute approximate surface area is 153 Å². The van der Waals surface area contributed by atoms with Crippen molar-refractivity contribution >= 4 is 11.8 Å². The number of aliphatic hydroxyl groups is 3. The molecule has 6 heteroatoms. The molecule has 1 aliphatic heterocycles. The molecule has 1 saturated heterocycles. The van der Waals surface area contributed by atoms with Gasteiger partial charge in [-0.1, -0.05) is 19.9 Å². The first-order chi connectivity index (χ1) is 12.3. The maximum atomic E-state index is 13.1. The third-order valence-corrected chi connectivity index (χ3v) is 8.12. The van der Waals surface area contributed by atoms with Crippen molar-refractivity contribution < 1.29 is 29.6 Å². The van der Waals surface area contributed by atoms with Crippen LogP contribution in [-0.4, -0.2) is 53.0 Å². The molecule has 0 aromatic carbocycles. The number of ketones is 1. The lowest BCUT2D eigenvalue weighted by Crippen LogP contribution is -2.67. The van der Waals surface area contributed by atoms with E-state index in [0.29, 0.717) is 24.8 Å². The fraction of sp³-hybridized carbons (Fsp3) is 0.800. The van der Waals surface area contributed by atoms with Gasteiger partial charge < -0.3 is 20.1 Å². The van der Waals surface area contributed by atoms with E-state index in [-0.39, 0.29) is 37.4 Å². The van der Waals surface area contributed by atoms with Crippen LogP contribution in [0.4, 0.5) is 0 Å². The molecule has 3 aliphatic carbocycles. The Balaban J connectivity index is 1.89. The van der Waals surface area contributed by atoms with Crippen molar-refractivity contribution in [3.05, 3.63) is 12.2 Å². The first kappa shape index (κ1) is 18.1. The van der Waals surface area contributed by atoms with Crippen molar-refractivity contribution in [1.29, 1.82) is 0 Å². The average molecular weight is 364 g/mol. The Bertz CT molecular complexity index is 673. The van der Waals surface area contributed by atoms with Gasteiger partial charge in [0.25, 0.3) is 0 Å². The molecule has 26 heavy (non-hydrogen) atoms. The van der Waals surface area contributed by atoms with Crippen molar-refractivity contribution in [2.75, 3.05) is 19.8 Å². The number of carbonyl (C=O) groups is 2. The van der Waals surface area contributed by atoms with Gasteiger partial charge in [-0.05, 0) is 48.5 Å². The number of ether oxygens (including phenoxy) is 1. The number of fused-ring (bicyclic) bond motifs is 2. The van der Waals surface area contributed by atoms with E-state index in [4.69, 9.17) is 4.74 Å². The maximum Gasteiger partial charge on any atom is 0.320 e. The lowest BCUT2D eigenvalue weighted by atomic mass is 9.44. The molecule has 0 radical (unpaired) electrons. The molecule has 6 nitrogen and oxygen atoms in total. The second-order valence-corrected chi connectivity index (χ2v) is 9.22. The Morgan fingerprint density at radius 2 is 2.00 bits per heavy atom. The molecule has 1 heterocycles. The van der Waals surface area contributed by atoms with E-state index in [1.165, 1.54) is 0 Å². The Morgan fingerprint density at radius 1 is 1.27 bits per heavy atom. The summed E-state index contributed by atoms with van der Waals surface area (Å²) in [6.45, 7) is 5.65. The third-order valence-electron chi connectivity index (χ3n) is 8.12. The molecule has 144 valence electrons. The summed E-state index contributed by atoms with van der Waals surface area (Å²) < 4.78 is 5.59. The summed E-state index contributed by atoms with van der Waals surface area (Å²) in [4.78, 5) is 26.0. The van der Waals surface area contributed by atoms with E-state index in [1.54, 1.807) is 0 Å². The normalized spacial score (nSPS) is 50.7. The van der Waals surface area contributed by atoms with Gasteiger partial charge in [0.15, 0.2) is 5.78 Å². The van der Waals surface area contributed by atoms with Crippen molar-refractivity contribution in [3.63, 3.8) is 0 Å². The Kier molecular flexibility index (Phi) is 3.93. The number of cyclic esters (lactones) is 1. The summed E-state index contributed by atoms with van der Waals surface area (Å²) in [6, 6.07) is 0. The highest BCUT2D eigenvalue weighted by molar-refractivity contribution is 6.15. The predicted molar refractivity (Wildman–Crippen MR) is 91.8 cm³/mol. The van der Waals surface area contributed by atoms with Crippen LogP contribution >= 0.6 is 0 Å². The number of Topliss-reactive ketones (excluding diaryl/α,β-unsaturated/α-hetero) is 1. The summed E-state index contributed by atoms with van der Waals surface area (Å²) >= 11 is 0. The summed E-state index contributed by atoms with van der Waals surface area (Å²) in [5, 5.41) is 31.4. The molecular formula is C20H28O6. The molecule has 2 spiro atoms. The minimum Gasteiger partial charge on any atom is -0.464 e. The minimum atomic E-state index is -1.38. The number of hydrogen-bond donors (Lipinski definition) is 3. The van der Waals surface area contributed by atoms with E-state index in [0.717, 1.165) is 12.8 Å². The molecule has 0 amide bonds. The van der Waals surface area contributed by atoms with E-state index in [9.17, 15) is 24.9 Å². The van der Waals surface area contributed by atoms with Gasteiger partial charge >= 0.3 is 5.97 Å². The fourth-order valence-corrected chi connectivity index (χ4v) is 6.92. The first-order valence-electron chi connectivity index (χ1n) is 9.57. The van der Waals surface area contributed by atoms with Gasteiger partial charge in [0, 0.05) is 24.5 Å². The summed E-state index contributed by atoms with van der Waals surface area (Å²) in [5.41, 5.74) is -2.20. The first-order valence-corrected chi connectivity index (χ1v) is 9.57. The van der Waals surface area contributed by atoms with Crippen molar-refractivity contribution in [2.24, 2.45) is 34.0 Å². The molecule has 2 bridgehead atoms. The van der Waals surface area contributed by atoms with Gasteiger partial charge in [0.05, 0.1) is 12.7 Å². The zero-order valence-corrected chi connectivity index (χ0v) is 15.2.